The summed E-state index contributed by atoms with van der Waals surface area (Å²) >= 11 is 0. The molecular weight excluding hydrogens is 420 g/mol. The van der Waals surface area contributed by atoms with E-state index in [0.717, 1.165) is 30.4 Å². The third kappa shape index (κ3) is 5.39. The second kappa shape index (κ2) is 10.1. The maximum Gasteiger partial charge on any atom is 0.254 e. The first kappa shape index (κ1) is 22.9. The molecule has 1 aromatic heterocycles. The molecule has 1 saturated heterocycles. The fraction of sp³-hybridized carbons (Fsp3) is 0.440. The average Bonchev–Trinajstić information content (AvgIpc) is 3.27. The Morgan fingerprint density at radius 2 is 1.94 bits per heavy atom. The smallest absolute Gasteiger partial charge is 0.254 e. The molecule has 4 rings (SSSR count). The molecule has 1 saturated carbocycles. The van der Waals surface area contributed by atoms with Crippen LogP contribution in [0, 0.1) is 0 Å². The number of carbonyl (C=O) groups is 2. The van der Waals surface area contributed by atoms with Gasteiger partial charge in [0.15, 0.2) is 0 Å². The molecule has 2 aliphatic rings. The summed E-state index contributed by atoms with van der Waals surface area (Å²) < 4.78 is 0. The Kier molecular flexibility index (Phi) is 7.03. The van der Waals surface area contributed by atoms with E-state index in [1.807, 2.05) is 24.3 Å². The van der Waals surface area contributed by atoms with Gasteiger partial charge in [0, 0.05) is 30.9 Å². The van der Waals surface area contributed by atoms with Crippen LogP contribution in [-0.2, 0) is 9.63 Å². The predicted octanol–water partition coefficient (Wildman–Crippen LogP) is 2.78. The van der Waals surface area contributed by atoms with Crippen molar-refractivity contribution in [2.24, 2.45) is 5.16 Å². The molecule has 0 unspecified atom stereocenters. The van der Waals surface area contributed by atoms with Gasteiger partial charge in [-0.25, -0.2) is 0 Å². The number of hydrogen-bond acceptors (Lipinski definition) is 6. The highest BCUT2D eigenvalue weighted by molar-refractivity contribution is 6.05. The number of rotatable bonds is 6. The lowest BCUT2D eigenvalue weighted by molar-refractivity contribution is -0.126. The molecule has 8 heteroatoms. The Morgan fingerprint density at radius 1 is 1.18 bits per heavy atom. The minimum Gasteiger partial charge on any atom is -0.399 e. The number of aromatic nitrogens is 1. The van der Waals surface area contributed by atoms with E-state index in [-0.39, 0.29) is 24.9 Å². The Labute approximate surface area is 193 Å². The van der Waals surface area contributed by atoms with E-state index in [9.17, 15) is 14.7 Å². The number of pyridine rings is 1. The fourth-order valence-corrected chi connectivity index (χ4v) is 4.61. The van der Waals surface area contributed by atoms with E-state index in [2.05, 4.69) is 15.5 Å². The van der Waals surface area contributed by atoms with Crippen LogP contribution in [0.1, 0.15) is 48.9 Å². The first-order valence-electron chi connectivity index (χ1n) is 11.4. The first-order chi connectivity index (χ1) is 16.0. The molecule has 0 radical (unpaired) electrons. The van der Waals surface area contributed by atoms with Gasteiger partial charge in [-0.1, -0.05) is 42.6 Å². The van der Waals surface area contributed by atoms with E-state index in [1.165, 1.54) is 12.0 Å². The second-order valence-electron chi connectivity index (χ2n) is 8.81. The average molecular weight is 451 g/mol. The normalized spacial score (nSPS) is 21.1. The Bertz CT molecular complexity index is 1000. The number of amides is 2. The number of likely N-dealkylation sites (tertiary alicyclic amines) is 1. The van der Waals surface area contributed by atoms with Crippen molar-refractivity contribution >= 4 is 17.5 Å². The maximum absolute atomic E-state index is 13.3. The van der Waals surface area contributed by atoms with Gasteiger partial charge in [0.2, 0.25) is 5.91 Å². The number of nitrogens with zero attached hydrogens (tertiary/aromatic N) is 3. The van der Waals surface area contributed by atoms with Crippen LogP contribution in [0.15, 0.2) is 53.9 Å². The number of carbonyl (C=O) groups excluding carboxylic acids is 2. The summed E-state index contributed by atoms with van der Waals surface area (Å²) in [7, 11) is 1.45. The molecule has 0 spiro atoms. The number of aliphatic hydroxyl groups is 1. The minimum absolute atomic E-state index is 0.195. The van der Waals surface area contributed by atoms with E-state index in [4.69, 9.17) is 4.84 Å². The largest absolute Gasteiger partial charge is 0.399 e. The Balaban J connectivity index is 1.48. The lowest BCUT2D eigenvalue weighted by Gasteiger charge is -2.33. The van der Waals surface area contributed by atoms with Crippen LogP contribution in [0.2, 0.25) is 0 Å². The van der Waals surface area contributed by atoms with Crippen molar-refractivity contribution in [2.75, 3.05) is 20.2 Å². The quantitative estimate of drug-likeness (QED) is 0.659. The van der Waals surface area contributed by atoms with Gasteiger partial charge < -0.3 is 20.2 Å². The lowest BCUT2D eigenvalue weighted by atomic mass is 9.85. The molecule has 0 bridgehead atoms. The van der Waals surface area contributed by atoms with E-state index < -0.39 is 11.6 Å². The number of nitrogens with one attached hydrogen (secondary N) is 1. The summed E-state index contributed by atoms with van der Waals surface area (Å²) in [5, 5.41) is 17.6. The molecule has 1 aromatic carbocycles. The van der Waals surface area contributed by atoms with Gasteiger partial charge in [-0.15, -0.1) is 0 Å². The topological polar surface area (TPSA) is 104 Å². The molecular formula is C25H30N4O4. The standard InChI is InChI=1S/C25H30N4O4/c1-33-28-21-14-22(23(30)27-17-25(32)11-3-2-4-12-25)29(16-21)24(31)19-9-7-18(8-10-19)20-6-5-13-26-15-20/h5-10,13,15,22,32H,2-4,11-12,14,16-17H2,1H3,(H,27,30)/b28-21+/t22-/m0/s1. The highest BCUT2D eigenvalue weighted by Gasteiger charge is 2.39. The molecule has 2 heterocycles. The minimum atomic E-state index is -0.868. The van der Waals surface area contributed by atoms with Gasteiger partial charge in [0.1, 0.15) is 13.2 Å². The second-order valence-corrected chi connectivity index (χ2v) is 8.81. The van der Waals surface area contributed by atoms with Gasteiger partial charge in [-0.2, -0.15) is 0 Å². The molecule has 1 atom stereocenters. The highest BCUT2D eigenvalue weighted by Crippen LogP contribution is 2.28. The van der Waals surface area contributed by atoms with Crippen LogP contribution in [0.5, 0.6) is 0 Å². The van der Waals surface area contributed by atoms with Crippen LogP contribution < -0.4 is 5.32 Å². The third-order valence-electron chi connectivity index (χ3n) is 6.44. The molecule has 2 fully saturated rings. The van der Waals surface area contributed by atoms with E-state index in [1.54, 1.807) is 24.5 Å². The van der Waals surface area contributed by atoms with Crippen molar-refractivity contribution < 1.29 is 19.5 Å². The van der Waals surface area contributed by atoms with Crippen LogP contribution in [0.3, 0.4) is 0 Å². The Morgan fingerprint density at radius 3 is 2.61 bits per heavy atom. The van der Waals surface area contributed by atoms with Crippen LogP contribution in [0.4, 0.5) is 0 Å². The van der Waals surface area contributed by atoms with Gasteiger partial charge >= 0.3 is 0 Å². The zero-order chi connectivity index (χ0) is 23.3. The van der Waals surface area contributed by atoms with Crippen LogP contribution >= 0.6 is 0 Å². The first-order valence-corrected chi connectivity index (χ1v) is 11.4. The predicted molar refractivity (Wildman–Crippen MR) is 125 cm³/mol. The third-order valence-corrected chi connectivity index (χ3v) is 6.44. The summed E-state index contributed by atoms with van der Waals surface area (Å²) in [4.78, 5) is 36.9. The van der Waals surface area contributed by atoms with E-state index in [0.29, 0.717) is 30.5 Å². The summed E-state index contributed by atoms with van der Waals surface area (Å²) in [6, 6.07) is 10.4. The molecule has 1 aliphatic carbocycles. The summed E-state index contributed by atoms with van der Waals surface area (Å²) in [5.74, 6) is -0.527. The van der Waals surface area contributed by atoms with E-state index >= 15 is 0 Å². The van der Waals surface area contributed by atoms with Gasteiger partial charge in [0.25, 0.3) is 5.91 Å². The van der Waals surface area contributed by atoms with Crippen molar-refractivity contribution in [3.05, 3.63) is 54.4 Å². The lowest BCUT2D eigenvalue weighted by Crippen LogP contribution is -2.50. The molecule has 2 amide bonds. The number of oxime groups is 1. The molecule has 8 nitrogen and oxygen atoms in total. The van der Waals surface area contributed by atoms with Crippen LogP contribution in [-0.4, -0.2) is 64.4 Å². The highest BCUT2D eigenvalue weighted by atomic mass is 16.6. The molecule has 1 aliphatic heterocycles. The van der Waals surface area contributed by atoms with Gasteiger partial charge in [-0.05, 0) is 42.2 Å². The van der Waals surface area contributed by atoms with Crippen molar-refractivity contribution in [1.82, 2.24) is 15.2 Å². The number of benzene rings is 1. The zero-order valence-corrected chi connectivity index (χ0v) is 18.9. The van der Waals surface area contributed by atoms with Crippen molar-refractivity contribution in [3.63, 3.8) is 0 Å². The Hall–Kier alpha value is -3.26. The monoisotopic (exact) mass is 450 g/mol. The molecule has 33 heavy (non-hydrogen) atoms. The van der Waals surface area contributed by atoms with Crippen molar-refractivity contribution in [3.8, 4) is 11.1 Å². The van der Waals surface area contributed by atoms with Crippen molar-refractivity contribution in [1.29, 1.82) is 0 Å². The van der Waals surface area contributed by atoms with Crippen LogP contribution in [0.25, 0.3) is 11.1 Å². The zero-order valence-electron chi connectivity index (χ0n) is 18.9. The van der Waals surface area contributed by atoms with Gasteiger partial charge in [-0.3, -0.25) is 14.6 Å². The molecule has 174 valence electrons. The van der Waals surface area contributed by atoms with Crippen molar-refractivity contribution in [2.45, 2.75) is 50.2 Å². The summed E-state index contributed by atoms with van der Waals surface area (Å²) in [6.07, 6.45) is 8.17. The molecule has 2 N–H and O–H groups in total. The summed E-state index contributed by atoms with van der Waals surface area (Å²) in [6.45, 7) is 0.417. The SMILES string of the molecule is CO/N=C1\C[C@@H](C(=O)NCC2(O)CCCCC2)N(C(=O)c2ccc(-c3cccnc3)cc2)C1. The number of hydrogen-bond donors (Lipinski definition) is 2. The fourth-order valence-electron chi connectivity index (χ4n) is 4.61. The summed E-state index contributed by atoms with van der Waals surface area (Å²) in [5.41, 5.74) is 2.18. The maximum atomic E-state index is 13.3. The molecule has 2 aromatic rings. The van der Waals surface area contributed by atoms with Gasteiger partial charge in [0.05, 0.1) is 17.9 Å².